The molecule has 0 bridgehead atoms. The van der Waals surface area contributed by atoms with Gasteiger partial charge in [-0.15, -0.1) is 10.2 Å². The second kappa shape index (κ2) is 9.69. The van der Waals surface area contributed by atoms with Crippen LogP contribution in [0.4, 0.5) is 0 Å². The van der Waals surface area contributed by atoms with E-state index in [0.717, 1.165) is 29.5 Å². The van der Waals surface area contributed by atoms with Crippen LogP contribution in [0.5, 0.6) is 0 Å². The third-order valence-electron chi connectivity index (χ3n) is 6.00. The second-order valence-corrected chi connectivity index (χ2v) is 9.39. The molecule has 31 heavy (non-hydrogen) atoms. The fourth-order valence-corrected chi connectivity index (χ4v) is 5.19. The third kappa shape index (κ3) is 5.01. The summed E-state index contributed by atoms with van der Waals surface area (Å²) < 4.78 is 2.09. The van der Waals surface area contributed by atoms with Crippen molar-refractivity contribution in [3.63, 3.8) is 0 Å². The molecule has 3 aromatic rings. The van der Waals surface area contributed by atoms with Crippen LogP contribution in [-0.4, -0.2) is 43.4 Å². The molecule has 1 aromatic heterocycles. The molecule has 0 aliphatic carbocycles. The lowest BCUT2D eigenvalue weighted by Crippen LogP contribution is -2.48. The van der Waals surface area contributed by atoms with Gasteiger partial charge in [0, 0.05) is 24.2 Å². The number of piperidine rings is 1. The summed E-state index contributed by atoms with van der Waals surface area (Å²) in [5.41, 5.74) is 3.42. The van der Waals surface area contributed by atoms with E-state index in [9.17, 15) is 4.79 Å². The predicted octanol–water partition coefficient (Wildman–Crippen LogP) is 5.05. The van der Waals surface area contributed by atoms with E-state index in [-0.39, 0.29) is 5.91 Å². The van der Waals surface area contributed by atoms with Gasteiger partial charge in [0.15, 0.2) is 5.16 Å². The summed E-state index contributed by atoms with van der Waals surface area (Å²) in [6, 6.07) is 19.3. The van der Waals surface area contributed by atoms with Gasteiger partial charge in [0.1, 0.15) is 5.82 Å². The van der Waals surface area contributed by atoms with Crippen LogP contribution < -0.4 is 0 Å². The number of likely N-dealkylation sites (tertiary alicyclic amines) is 1. The lowest BCUT2D eigenvalue weighted by molar-refractivity contribution is -0.134. The second-order valence-electron chi connectivity index (χ2n) is 8.45. The number of hydrogen-bond donors (Lipinski definition) is 0. The van der Waals surface area contributed by atoms with Crippen LogP contribution in [0.1, 0.15) is 50.1 Å². The maximum absolute atomic E-state index is 13.0. The molecule has 2 atom stereocenters. The van der Waals surface area contributed by atoms with Crippen molar-refractivity contribution in [2.75, 3.05) is 5.75 Å². The highest BCUT2D eigenvalue weighted by Crippen LogP contribution is 2.27. The zero-order valence-electron chi connectivity index (χ0n) is 18.5. The Kier molecular flexibility index (Phi) is 6.76. The summed E-state index contributed by atoms with van der Waals surface area (Å²) in [7, 11) is 0. The number of aryl methyl sites for hydroxylation is 1. The van der Waals surface area contributed by atoms with Gasteiger partial charge in [0.05, 0.1) is 5.75 Å². The molecule has 1 fully saturated rings. The molecular formula is C25H30N4OS. The van der Waals surface area contributed by atoms with Gasteiger partial charge in [-0.3, -0.25) is 9.36 Å². The van der Waals surface area contributed by atoms with Crippen LogP contribution in [0.15, 0.2) is 59.8 Å². The fourth-order valence-electron chi connectivity index (χ4n) is 4.35. The monoisotopic (exact) mass is 434 g/mol. The van der Waals surface area contributed by atoms with E-state index < -0.39 is 0 Å². The lowest BCUT2D eigenvalue weighted by atomic mass is 9.98. The molecule has 6 heteroatoms. The van der Waals surface area contributed by atoms with Crippen molar-refractivity contribution < 1.29 is 4.79 Å². The van der Waals surface area contributed by atoms with Crippen molar-refractivity contribution >= 4 is 17.7 Å². The Labute approximate surface area is 188 Å². The molecule has 2 aromatic carbocycles. The number of aromatic nitrogens is 3. The molecule has 0 N–H and O–H groups in total. The normalized spacial score (nSPS) is 18.9. The molecule has 1 aliphatic rings. The summed E-state index contributed by atoms with van der Waals surface area (Å²) in [5.74, 6) is 1.45. The van der Waals surface area contributed by atoms with Crippen LogP contribution in [-0.2, 0) is 11.2 Å². The van der Waals surface area contributed by atoms with Crippen LogP contribution in [0, 0.1) is 6.92 Å². The number of hydrogen-bond acceptors (Lipinski definition) is 4. The third-order valence-corrected chi connectivity index (χ3v) is 6.92. The predicted molar refractivity (Wildman–Crippen MR) is 126 cm³/mol. The Morgan fingerprint density at radius 1 is 1.00 bits per heavy atom. The molecule has 0 spiro atoms. The van der Waals surface area contributed by atoms with Crippen molar-refractivity contribution in [2.24, 2.45) is 0 Å². The summed E-state index contributed by atoms with van der Waals surface area (Å²) in [5, 5.41) is 9.73. The van der Waals surface area contributed by atoms with E-state index in [1.54, 1.807) is 0 Å². The van der Waals surface area contributed by atoms with Crippen LogP contribution in [0.2, 0.25) is 0 Å². The van der Waals surface area contributed by atoms with Crippen molar-refractivity contribution in [2.45, 2.75) is 63.7 Å². The molecule has 0 saturated carbocycles. The maximum Gasteiger partial charge on any atom is 0.233 e. The number of benzene rings is 2. The van der Waals surface area contributed by atoms with Crippen LogP contribution >= 0.6 is 11.8 Å². The first-order valence-electron chi connectivity index (χ1n) is 11.0. The molecule has 1 aliphatic heterocycles. The van der Waals surface area contributed by atoms with Gasteiger partial charge >= 0.3 is 0 Å². The summed E-state index contributed by atoms with van der Waals surface area (Å²) in [6.45, 7) is 6.39. The molecule has 4 rings (SSSR count). The van der Waals surface area contributed by atoms with Crippen molar-refractivity contribution in [1.29, 1.82) is 0 Å². The highest BCUT2D eigenvalue weighted by Gasteiger charge is 2.29. The minimum atomic E-state index is 0.188. The van der Waals surface area contributed by atoms with E-state index >= 15 is 0 Å². The molecule has 1 saturated heterocycles. The molecule has 1 amide bonds. The van der Waals surface area contributed by atoms with E-state index in [4.69, 9.17) is 0 Å². The van der Waals surface area contributed by atoms with Crippen molar-refractivity contribution in [1.82, 2.24) is 19.7 Å². The minimum absolute atomic E-state index is 0.188. The standard InChI is InChI=1S/C25H30N4OS/c1-18-12-14-22(15-13-18)29-23(16-21-10-5-4-6-11-21)26-27-25(29)31-17-24(30)28-19(2)8-7-9-20(28)3/h4-6,10-15,19-20H,7-9,16-17H2,1-3H3/t19-,20-/m1/s1. The van der Waals surface area contributed by atoms with Gasteiger partial charge < -0.3 is 4.90 Å². The van der Waals surface area contributed by atoms with Crippen LogP contribution in [0.3, 0.4) is 0 Å². The first-order valence-corrected chi connectivity index (χ1v) is 12.0. The molecular weight excluding hydrogens is 404 g/mol. The van der Waals surface area contributed by atoms with Gasteiger partial charge in [-0.1, -0.05) is 59.8 Å². The SMILES string of the molecule is Cc1ccc(-n2c(Cc3ccccc3)nnc2SCC(=O)N2[C@H](C)CCC[C@H]2C)cc1. The average molecular weight is 435 g/mol. The van der Waals surface area contributed by atoms with Gasteiger partial charge in [-0.05, 0) is 57.7 Å². The topological polar surface area (TPSA) is 51.0 Å². The number of carbonyl (C=O) groups excluding carboxylic acids is 1. The molecule has 0 unspecified atom stereocenters. The van der Waals surface area contributed by atoms with E-state index in [1.807, 2.05) is 18.2 Å². The molecule has 0 radical (unpaired) electrons. The van der Waals surface area contributed by atoms with E-state index in [1.165, 1.54) is 29.3 Å². The average Bonchev–Trinajstić information content (AvgIpc) is 3.16. The highest BCUT2D eigenvalue weighted by atomic mass is 32.2. The largest absolute Gasteiger partial charge is 0.337 e. The Hall–Kier alpha value is -2.60. The van der Waals surface area contributed by atoms with Gasteiger partial charge in [-0.25, -0.2) is 0 Å². The highest BCUT2D eigenvalue weighted by molar-refractivity contribution is 7.99. The summed E-state index contributed by atoms with van der Waals surface area (Å²) in [6.07, 6.45) is 4.06. The number of nitrogens with zero attached hydrogens (tertiary/aromatic N) is 4. The number of carbonyl (C=O) groups is 1. The number of thioether (sulfide) groups is 1. The van der Waals surface area contributed by atoms with E-state index in [2.05, 4.69) is 76.8 Å². The number of amides is 1. The van der Waals surface area contributed by atoms with Gasteiger partial charge in [0.2, 0.25) is 5.91 Å². The van der Waals surface area contributed by atoms with Crippen molar-refractivity contribution in [3.05, 3.63) is 71.5 Å². The van der Waals surface area contributed by atoms with Crippen molar-refractivity contribution in [3.8, 4) is 5.69 Å². The first-order chi connectivity index (χ1) is 15.0. The fraction of sp³-hybridized carbons (Fsp3) is 0.400. The Morgan fingerprint density at radius 2 is 1.68 bits per heavy atom. The summed E-state index contributed by atoms with van der Waals surface area (Å²) in [4.78, 5) is 15.1. The zero-order valence-corrected chi connectivity index (χ0v) is 19.3. The number of rotatable bonds is 6. The minimum Gasteiger partial charge on any atom is -0.337 e. The van der Waals surface area contributed by atoms with Gasteiger partial charge in [-0.2, -0.15) is 0 Å². The quantitative estimate of drug-likeness (QED) is 0.510. The summed E-state index contributed by atoms with van der Waals surface area (Å²) >= 11 is 1.48. The molecule has 5 nitrogen and oxygen atoms in total. The van der Waals surface area contributed by atoms with Crippen LogP contribution in [0.25, 0.3) is 5.69 Å². The molecule has 2 heterocycles. The smallest absolute Gasteiger partial charge is 0.233 e. The zero-order chi connectivity index (χ0) is 21.8. The maximum atomic E-state index is 13.0. The Morgan fingerprint density at radius 3 is 2.35 bits per heavy atom. The van der Waals surface area contributed by atoms with E-state index in [0.29, 0.717) is 24.3 Å². The lowest BCUT2D eigenvalue weighted by Gasteiger charge is -2.39. The Balaban J connectivity index is 1.58. The Bertz CT molecular complexity index is 1010. The molecule has 162 valence electrons. The van der Waals surface area contributed by atoms with Gasteiger partial charge in [0.25, 0.3) is 0 Å². The first kappa shape index (κ1) is 21.6.